The van der Waals surface area contributed by atoms with Crippen molar-refractivity contribution in [2.75, 3.05) is 39.3 Å². The number of hydrogen-bond donors (Lipinski definition) is 1. The zero-order valence-electron chi connectivity index (χ0n) is 24.9. The summed E-state index contributed by atoms with van der Waals surface area (Å²) in [6.45, 7) is 4.21. The zero-order valence-corrected chi connectivity index (χ0v) is 24.9. The van der Waals surface area contributed by atoms with Crippen LogP contribution in [0.5, 0.6) is 0 Å². The maximum Gasteiger partial charge on any atom is 0.246 e. The molecule has 3 amide bonds. The van der Waals surface area contributed by atoms with E-state index >= 15 is 0 Å². The molecular formula is C36H42N4O3. The average molecular weight is 579 g/mol. The lowest BCUT2D eigenvalue weighted by atomic mass is 9.67. The summed E-state index contributed by atoms with van der Waals surface area (Å²) >= 11 is 0. The van der Waals surface area contributed by atoms with Gasteiger partial charge < -0.3 is 20.0 Å². The van der Waals surface area contributed by atoms with E-state index in [9.17, 15) is 14.4 Å². The van der Waals surface area contributed by atoms with Crippen LogP contribution in [0.1, 0.15) is 55.2 Å². The highest BCUT2D eigenvalue weighted by Gasteiger charge is 2.46. The maximum atomic E-state index is 14.5. The van der Waals surface area contributed by atoms with E-state index in [1.807, 2.05) is 64.4 Å². The summed E-state index contributed by atoms with van der Waals surface area (Å²) in [6, 6.07) is 29.7. The Hall–Kier alpha value is -3.97. The second-order valence-corrected chi connectivity index (χ2v) is 12.0. The quantitative estimate of drug-likeness (QED) is 0.427. The fraction of sp³-hybridized carbons (Fsp3) is 0.417. The molecule has 0 spiro atoms. The SMILES string of the molecule is O=C([C@H]1CCCN1C(=O)[C@@H]1CCCN1C(=O)CC(c1ccccc1)(c1ccccc1)c1ccccc1)N1CCCNCC1. The summed E-state index contributed by atoms with van der Waals surface area (Å²) in [5.74, 6) is -0.0471. The van der Waals surface area contributed by atoms with Crippen molar-refractivity contribution in [3.8, 4) is 0 Å². The van der Waals surface area contributed by atoms with Crippen LogP contribution in [0.4, 0.5) is 0 Å². The lowest BCUT2D eigenvalue weighted by Gasteiger charge is -2.38. The van der Waals surface area contributed by atoms with Crippen LogP contribution in [0.25, 0.3) is 0 Å². The molecule has 43 heavy (non-hydrogen) atoms. The monoisotopic (exact) mass is 578 g/mol. The first kappa shape index (κ1) is 29.1. The molecule has 3 aromatic carbocycles. The number of nitrogens with one attached hydrogen (secondary N) is 1. The van der Waals surface area contributed by atoms with Gasteiger partial charge in [-0.25, -0.2) is 0 Å². The number of hydrogen-bond acceptors (Lipinski definition) is 4. The van der Waals surface area contributed by atoms with Crippen LogP contribution in [-0.4, -0.2) is 83.8 Å². The lowest BCUT2D eigenvalue weighted by molar-refractivity contribution is -0.149. The smallest absolute Gasteiger partial charge is 0.246 e. The molecule has 1 N–H and O–H groups in total. The van der Waals surface area contributed by atoms with Gasteiger partial charge in [-0.3, -0.25) is 14.4 Å². The molecule has 7 heteroatoms. The summed E-state index contributed by atoms with van der Waals surface area (Å²) < 4.78 is 0. The Morgan fingerprint density at radius 3 is 1.67 bits per heavy atom. The van der Waals surface area contributed by atoms with Gasteiger partial charge >= 0.3 is 0 Å². The first-order valence-electron chi connectivity index (χ1n) is 15.9. The standard InChI is InChI=1S/C36H42N4O3/c41-33(27-36(28-13-4-1-5-14-28,29-15-6-2-7-16-29)30-17-8-3-9-18-30)39-24-10-20-32(39)35(43)40-25-11-19-31(40)34(42)38-23-12-21-37-22-26-38/h1-9,13-18,31-32,37H,10-12,19-27H2/t31-,32+/m1/s1. The predicted octanol–water partition coefficient (Wildman–Crippen LogP) is 4.22. The molecule has 224 valence electrons. The van der Waals surface area contributed by atoms with Crippen LogP contribution >= 0.6 is 0 Å². The number of carbonyl (C=O) groups excluding carboxylic acids is 3. The van der Waals surface area contributed by atoms with Crippen molar-refractivity contribution in [1.82, 2.24) is 20.0 Å². The summed E-state index contributed by atoms with van der Waals surface area (Å²) in [7, 11) is 0. The van der Waals surface area contributed by atoms with Crippen molar-refractivity contribution in [2.45, 2.75) is 56.0 Å². The third-order valence-corrected chi connectivity index (χ3v) is 9.55. The molecule has 7 nitrogen and oxygen atoms in total. The minimum absolute atomic E-state index is 0.0342. The van der Waals surface area contributed by atoms with Crippen LogP contribution in [0, 0.1) is 0 Å². The van der Waals surface area contributed by atoms with E-state index in [4.69, 9.17) is 0 Å². The van der Waals surface area contributed by atoms with Gasteiger partial charge in [0.25, 0.3) is 0 Å². The normalized spacial score (nSPS) is 21.1. The summed E-state index contributed by atoms with van der Waals surface area (Å²) in [6.07, 6.45) is 4.04. The Bertz CT molecular complexity index is 1290. The Morgan fingerprint density at radius 1 is 0.605 bits per heavy atom. The molecule has 0 bridgehead atoms. The Kier molecular flexibility index (Phi) is 8.89. The van der Waals surface area contributed by atoms with E-state index in [0.717, 1.165) is 55.6 Å². The van der Waals surface area contributed by atoms with Crippen LogP contribution in [0.2, 0.25) is 0 Å². The maximum absolute atomic E-state index is 14.5. The van der Waals surface area contributed by atoms with Crippen LogP contribution < -0.4 is 5.32 Å². The lowest BCUT2D eigenvalue weighted by Crippen LogP contribution is -2.54. The highest BCUT2D eigenvalue weighted by atomic mass is 16.2. The molecule has 3 aromatic rings. The molecule has 6 rings (SSSR count). The minimum Gasteiger partial charge on any atom is -0.340 e. The minimum atomic E-state index is -0.718. The third kappa shape index (κ3) is 5.83. The average Bonchev–Trinajstić information content (AvgIpc) is 3.68. The van der Waals surface area contributed by atoms with Gasteiger partial charge in [-0.15, -0.1) is 0 Å². The third-order valence-electron chi connectivity index (χ3n) is 9.55. The van der Waals surface area contributed by atoms with Crippen molar-refractivity contribution in [1.29, 1.82) is 0 Å². The molecule has 0 unspecified atom stereocenters. The molecule has 0 saturated carbocycles. The van der Waals surface area contributed by atoms with Crippen molar-refractivity contribution < 1.29 is 14.4 Å². The Labute approximate surface area is 254 Å². The molecule has 3 heterocycles. The van der Waals surface area contributed by atoms with E-state index in [0.29, 0.717) is 32.5 Å². The second kappa shape index (κ2) is 13.1. The fourth-order valence-electron chi connectivity index (χ4n) is 7.38. The predicted molar refractivity (Wildman–Crippen MR) is 167 cm³/mol. The van der Waals surface area contributed by atoms with Gasteiger partial charge in [0.2, 0.25) is 17.7 Å². The van der Waals surface area contributed by atoms with Gasteiger partial charge in [0.1, 0.15) is 12.1 Å². The number of amides is 3. The largest absolute Gasteiger partial charge is 0.340 e. The number of nitrogens with zero attached hydrogens (tertiary/aromatic N) is 3. The van der Waals surface area contributed by atoms with Gasteiger partial charge in [0.05, 0.1) is 5.41 Å². The topological polar surface area (TPSA) is 73.0 Å². The zero-order chi connectivity index (χ0) is 29.6. The molecule has 3 aliphatic rings. The molecule has 0 aliphatic carbocycles. The molecular weight excluding hydrogens is 536 g/mol. The highest BCUT2D eigenvalue weighted by molar-refractivity contribution is 5.93. The molecule has 2 atom stereocenters. The molecule has 3 fully saturated rings. The van der Waals surface area contributed by atoms with Gasteiger partial charge in [-0.1, -0.05) is 91.0 Å². The Morgan fingerprint density at radius 2 is 1.12 bits per heavy atom. The Balaban J connectivity index is 1.29. The summed E-state index contributed by atoms with van der Waals surface area (Å²) in [5, 5.41) is 3.35. The van der Waals surface area contributed by atoms with Crippen molar-refractivity contribution in [3.05, 3.63) is 108 Å². The second-order valence-electron chi connectivity index (χ2n) is 12.0. The van der Waals surface area contributed by atoms with E-state index in [1.54, 1.807) is 4.90 Å². The summed E-state index contributed by atoms with van der Waals surface area (Å²) in [5.41, 5.74) is 2.41. The van der Waals surface area contributed by atoms with Gasteiger partial charge in [-0.05, 0) is 55.3 Å². The van der Waals surface area contributed by atoms with Crippen LogP contribution in [-0.2, 0) is 19.8 Å². The fourth-order valence-corrected chi connectivity index (χ4v) is 7.38. The first-order valence-corrected chi connectivity index (χ1v) is 15.9. The number of rotatable bonds is 7. The molecule has 0 radical (unpaired) electrons. The van der Waals surface area contributed by atoms with Gasteiger partial charge in [0, 0.05) is 39.1 Å². The molecule has 3 aliphatic heterocycles. The molecule has 3 saturated heterocycles. The summed E-state index contributed by atoms with van der Waals surface area (Å²) in [4.78, 5) is 47.7. The van der Waals surface area contributed by atoms with Crippen LogP contribution in [0.15, 0.2) is 91.0 Å². The van der Waals surface area contributed by atoms with Crippen molar-refractivity contribution >= 4 is 17.7 Å². The first-order chi connectivity index (χ1) is 21.1. The number of likely N-dealkylation sites (tertiary alicyclic amines) is 2. The van der Waals surface area contributed by atoms with E-state index in [2.05, 4.69) is 41.7 Å². The van der Waals surface area contributed by atoms with Crippen molar-refractivity contribution in [2.24, 2.45) is 0 Å². The molecule has 0 aromatic heterocycles. The van der Waals surface area contributed by atoms with Crippen LogP contribution in [0.3, 0.4) is 0 Å². The number of carbonyl (C=O) groups is 3. The van der Waals surface area contributed by atoms with Gasteiger partial charge in [-0.2, -0.15) is 0 Å². The van der Waals surface area contributed by atoms with Crippen molar-refractivity contribution in [3.63, 3.8) is 0 Å². The number of benzene rings is 3. The van der Waals surface area contributed by atoms with Gasteiger partial charge in [0.15, 0.2) is 0 Å². The van der Waals surface area contributed by atoms with E-state index in [1.165, 1.54) is 0 Å². The van der Waals surface area contributed by atoms with E-state index < -0.39 is 17.5 Å². The highest BCUT2D eigenvalue weighted by Crippen LogP contribution is 2.43. The van der Waals surface area contributed by atoms with E-state index in [-0.39, 0.29) is 24.1 Å².